The van der Waals surface area contributed by atoms with Crippen LogP contribution in [-0.2, 0) is 4.79 Å². The number of guanidine groups is 1. The zero-order valence-corrected chi connectivity index (χ0v) is 17.9. The quantitative estimate of drug-likeness (QED) is 0.561. The second-order valence-electron chi connectivity index (χ2n) is 6.94. The topological polar surface area (TPSA) is 90.2 Å². The van der Waals surface area contributed by atoms with Crippen LogP contribution in [0.1, 0.15) is 22.5 Å². The molecule has 2 N–H and O–H groups in total. The van der Waals surface area contributed by atoms with E-state index in [1.165, 1.54) is 6.26 Å². The smallest absolute Gasteiger partial charge is 0.289 e. The van der Waals surface area contributed by atoms with Crippen molar-refractivity contribution in [2.24, 2.45) is 4.99 Å². The van der Waals surface area contributed by atoms with Crippen molar-refractivity contribution < 1.29 is 14.0 Å². The zero-order chi connectivity index (χ0) is 21.5. The number of nitrogens with zero attached hydrogens (tertiary/aromatic N) is 3. The van der Waals surface area contributed by atoms with Crippen molar-refractivity contribution in [3.63, 3.8) is 0 Å². The van der Waals surface area contributed by atoms with Crippen molar-refractivity contribution in [3.05, 3.63) is 52.9 Å². The van der Waals surface area contributed by atoms with Gasteiger partial charge in [-0.25, -0.2) is 0 Å². The van der Waals surface area contributed by atoms with E-state index in [2.05, 4.69) is 20.5 Å². The largest absolute Gasteiger partial charge is 0.459 e. The number of hydrogen-bond acceptors (Lipinski definition) is 4. The van der Waals surface area contributed by atoms with Gasteiger partial charge in [-0.15, -0.1) is 0 Å². The van der Waals surface area contributed by atoms with Gasteiger partial charge in [-0.1, -0.05) is 17.7 Å². The molecule has 1 aliphatic rings. The minimum atomic E-state index is -0.101. The van der Waals surface area contributed by atoms with Gasteiger partial charge in [0.05, 0.1) is 6.26 Å². The van der Waals surface area contributed by atoms with Gasteiger partial charge < -0.3 is 24.9 Å². The Morgan fingerprint density at radius 3 is 2.53 bits per heavy atom. The van der Waals surface area contributed by atoms with Crippen LogP contribution in [0.3, 0.4) is 0 Å². The first kappa shape index (κ1) is 21.7. The number of furan rings is 1. The summed E-state index contributed by atoms with van der Waals surface area (Å²) in [6, 6.07) is 8.81. The number of nitrogens with one attached hydrogen (secondary N) is 2. The highest BCUT2D eigenvalue weighted by Crippen LogP contribution is 2.22. The zero-order valence-electron chi connectivity index (χ0n) is 17.2. The fraction of sp³-hybridized carbons (Fsp3) is 0.381. The van der Waals surface area contributed by atoms with E-state index in [0.717, 1.165) is 5.56 Å². The number of aliphatic imine (C=N–C) groups is 1. The van der Waals surface area contributed by atoms with Gasteiger partial charge in [0.1, 0.15) is 0 Å². The molecule has 0 unspecified atom stereocenters. The maximum atomic E-state index is 12.4. The molecule has 2 amide bonds. The average Bonchev–Trinajstić information content (AvgIpc) is 3.29. The van der Waals surface area contributed by atoms with Crippen LogP contribution in [0.4, 0.5) is 5.69 Å². The second kappa shape index (κ2) is 10.2. The summed E-state index contributed by atoms with van der Waals surface area (Å²) >= 11 is 6.09. The number of amides is 2. The van der Waals surface area contributed by atoms with Crippen molar-refractivity contribution in [2.45, 2.75) is 13.3 Å². The normalized spacial score (nSPS) is 14.6. The van der Waals surface area contributed by atoms with Crippen LogP contribution in [0, 0.1) is 6.92 Å². The first-order valence-corrected chi connectivity index (χ1v) is 10.2. The van der Waals surface area contributed by atoms with E-state index in [9.17, 15) is 9.59 Å². The fourth-order valence-electron chi connectivity index (χ4n) is 3.25. The molecule has 2 aromatic rings. The number of rotatable bonds is 5. The number of carbonyl (C=O) groups is 2. The first-order valence-electron chi connectivity index (χ1n) is 9.83. The summed E-state index contributed by atoms with van der Waals surface area (Å²) in [7, 11) is 1.71. The Bertz CT molecular complexity index is 905. The molecule has 0 saturated carbocycles. The Kier molecular flexibility index (Phi) is 7.35. The molecule has 3 rings (SSSR count). The maximum absolute atomic E-state index is 12.4. The average molecular weight is 432 g/mol. The summed E-state index contributed by atoms with van der Waals surface area (Å²) < 4.78 is 5.19. The van der Waals surface area contributed by atoms with E-state index < -0.39 is 0 Å². The molecule has 0 aliphatic carbocycles. The molecule has 1 aromatic carbocycles. The number of hydrogen-bond donors (Lipinski definition) is 2. The number of anilines is 1. The molecular weight excluding hydrogens is 406 g/mol. The molecule has 0 atom stereocenters. The lowest BCUT2D eigenvalue weighted by molar-refractivity contribution is -0.116. The summed E-state index contributed by atoms with van der Waals surface area (Å²) in [6.07, 6.45) is 1.79. The summed E-state index contributed by atoms with van der Waals surface area (Å²) in [5, 5.41) is 6.73. The minimum Gasteiger partial charge on any atom is -0.459 e. The Morgan fingerprint density at radius 2 is 1.87 bits per heavy atom. The van der Waals surface area contributed by atoms with Crippen LogP contribution < -0.4 is 10.6 Å². The van der Waals surface area contributed by atoms with E-state index in [1.54, 1.807) is 36.2 Å². The number of piperazine rings is 1. The second-order valence-corrected chi connectivity index (χ2v) is 7.35. The third-order valence-electron chi connectivity index (χ3n) is 4.99. The van der Waals surface area contributed by atoms with Crippen molar-refractivity contribution in [1.82, 2.24) is 15.1 Å². The molecule has 30 heavy (non-hydrogen) atoms. The van der Waals surface area contributed by atoms with E-state index in [-0.39, 0.29) is 11.8 Å². The minimum absolute atomic E-state index is 0.0998. The lowest BCUT2D eigenvalue weighted by Crippen LogP contribution is -2.54. The molecular formula is C21H26ClN5O3. The highest BCUT2D eigenvalue weighted by Gasteiger charge is 2.25. The molecule has 0 radical (unpaired) electrons. The molecule has 1 saturated heterocycles. The molecule has 1 fully saturated rings. The Labute approximate surface area is 180 Å². The van der Waals surface area contributed by atoms with Crippen molar-refractivity contribution in [1.29, 1.82) is 0 Å². The molecule has 160 valence electrons. The molecule has 0 bridgehead atoms. The molecule has 9 heteroatoms. The predicted molar refractivity (Wildman–Crippen MR) is 117 cm³/mol. The lowest BCUT2D eigenvalue weighted by atomic mass is 10.2. The third-order valence-corrected chi connectivity index (χ3v) is 5.40. The van der Waals surface area contributed by atoms with E-state index >= 15 is 0 Å². The van der Waals surface area contributed by atoms with Gasteiger partial charge >= 0.3 is 0 Å². The van der Waals surface area contributed by atoms with Crippen molar-refractivity contribution in [2.75, 3.05) is 45.1 Å². The van der Waals surface area contributed by atoms with Gasteiger partial charge in [-0.05, 0) is 36.8 Å². The number of carbonyl (C=O) groups excluding carboxylic acids is 2. The Hall–Kier alpha value is -3.00. The van der Waals surface area contributed by atoms with Crippen molar-refractivity contribution in [3.8, 4) is 0 Å². The standard InChI is InChI=1S/C21H26ClN5O3/c1-15-16(22)5-3-6-17(15)25-19(28)8-9-24-21(23-2)27-12-10-26(11-13-27)20(29)18-7-4-14-30-18/h3-7,14H,8-13H2,1-2H3,(H,23,24)(H,25,28). The molecule has 1 aromatic heterocycles. The van der Waals surface area contributed by atoms with Gasteiger partial charge in [-0.3, -0.25) is 14.6 Å². The first-order chi connectivity index (χ1) is 14.5. The molecule has 8 nitrogen and oxygen atoms in total. The monoisotopic (exact) mass is 431 g/mol. The number of halogens is 1. The van der Waals surface area contributed by atoms with Gasteiger partial charge in [0, 0.05) is 56.9 Å². The molecule has 2 heterocycles. The van der Waals surface area contributed by atoms with E-state index in [4.69, 9.17) is 16.0 Å². The van der Waals surface area contributed by atoms with Crippen LogP contribution in [-0.4, -0.2) is 67.3 Å². The van der Waals surface area contributed by atoms with Crippen LogP contribution in [0.5, 0.6) is 0 Å². The van der Waals surface area contributed by atoms with Gasteiger partial charge in [0.15, 0.2) is 11.7 Å². The Morgan fingerprint density at radius 1 is 1.13 bits per heavy atom. The SMILES string of the molecule is CN=C(NCCC(=O)Nc1cccc(Cl)c1C)N1CCN(C(=O)c2ccco2)CC1. The van der Waals surface area contributed by atoms with Crippen LogP contribution in [0.25, 0.3) is 0 Å². The summed E-state index contributed by atoms with van der Waals surface area (Å²) in [5.41, 5.74) is 1.56. The summed E-state index contributed by atoms with van der Waals surface area (Å²) in [4.78, 5) is 32.8. The van der Waals surface area contributed by atoms with Crippen LogP contribution in [0.2, 0.25) is 5.02 Å². The van der Waals surface area contributed by atoms with E-state index in [0.29, 0.717) is 61.6 Å². The van der Waals surface area contributed by atoms with Gasteiger partial charge in [-0.2, -0.15) is 0 Å². The number of benzene rings is 1. The summed E-state index contributed by atoms with van der Waals surface area (Å²) in [6.45, 7) is 4.78. The predicted octanol–water partition coefficient (Wildman–Crippen LogP) is 2.60. The van der Waals surface area contributed by atoms with Crippen LogP contribution >= 0.6 is 11.6 Å². The molecule has 1 aliphatic heterocycles. The van der Waals surface area contributed by atoms with Crippen LogP contribution in [0.15, 0.2) is 46.0 Å². The molecule has 0 spiro atoms. The van der Waals surface area contributed by atoms with E-state index in [1.807, 2.05) is 13.0 Å². The highest BCUT2D eigenvalue weighted by atomic mass is 35.5. The van der Waals surface area contributed by atoms with Crippen molar-refractivity contribution >= 4 is 35.1 Å². The van der Waals surface area contributed by atoms with Gasteiger partial charge in [0.2, 0.25) is 5.91 Å². The van der Waals surface area contributed by atoms with Gasteiger partial charge in [0.25, 0.3) is 5.91 Å². The highest BCUT2D eigenvalue weighted by molar-refractivity contribution is 6.31. The maximum Gasteiger partial charge on any atom is 0.289 e. The summed E-state index contributed by atoms with van der Waals surface area (Å²) in [5.74, 6) is 0.867. The Balaban J connectivity index is 1.43. The third kappa shape index (κ3) is 5.33. The lowest BCUT2D eigenvalue weighted by Gasteiger charge is -2.36. The fourth-order valence-corrected chi connectivity index (χ4v) is 3.43.